The molecule has 1 aliphatic rings. The molecule has 1 aromatic carbocycles. The summed E-state index contributed by atoms with van der Waals surface area (Å²) in [6, 6.07) is 8.80. The number of likely N-dealkylation sites (tertiary alicyclic amines) is 1. The normalized spacial score (nSPS) is 15.3. The average Bonchev–Trinajstić information content (AvgIpc) is 2.43. The number of aliphatic hydroxyl groups excluding tert-OH is 1. The van der Waals surface area contributed by atoms with Gasteiger partial charge in [0, 0.05) is 13.1 Å². The first kappa shape index (κ1) is 13.6. The maximum absolute atomic E-state index is 11.1. The van der Waals surface area contributed by atoms with Crippen LogP contribution in [0, 0.1) is 0 Å². The van der Waals surface area contributed by atoms with E-state index in [-0.39, 0.29) is 12.5 Å². The lowest BCUT2D eigenvalue weighted by Gasteiger charge is -2.30. The Hall–Kier alpha value is -1.33. The molecule has 0 aromatic heterocycles. The molecule has 1 saturated heterocycles. The molecule has 0 bridgehead atoms. The lowest BCUT2D eigenvalue weighted by atomic mass is 9.66. The van der Waals surface area contributed by atoms with E-state index in [9.17, 15) is 4.79 Å². The van der Waals surface area contributed by atoms with Gasteiger partial charge >= 0.3 is 0 Å². The molecule has 108 valence electrons. The number of aliphatic hydroxyl groups is 1. The molecule has 2 N–H and O–H groups in total. The van der Waals surface area contributed by atoms with Gasteiger partial charge in [-0.15, -0.1) is 0 Å². The minimum Gasteiger partial charge on any atom is -0.387 e. The van der Waals surface area contributed by atoms with Gasteiger partial charge in [-0.3, -0.25) is 9.69 Å². The zero-order chi connectivity index (χ0) is 14.9. The van der Waals surface area contributed by atoms with Crippen molar-refractivity contribution in [3.8, 4) is 0 Å². The highest BCUT2D eigenvalue weighted by Crippen LogP contribution is 2.11. The number of hydrogen-bond donors (Lipinski definition) is 2. The second kappa shape index (κ2) is 8.07. The van der Waals surface area contributed by atoms with Gasteiger partial charge in [-0.2, -0.15) is 0 Å². The summed E-state index contributed by atoms with van der Waals surface area (Å²) in [6.07, 6.45) is 3.33. The van der Waals surface area contributed by atoms with Crippen molar-refractivity contribution in [2.75, 3.05) is 26.2 Å². The molecule has 1 aliphatic heterocycles. The van der Waals surface area contributed by atoms with Gasteiger partial charge in [-0.25, -0.2) is 0 Å². The van der Waals surface area contributed by atoms with Gasteiger partial charge in [0.1, 0.15) is 6.61 Å². The zero-order valence-corrected chi connectivity index (χ0v) is 11.9. The Morgan fingerprint density at radius 2 is 2.40 bits per heavy atom. The molecule has 2 rings (SSSR count). The van der Waals surface area contributed by atoms with Gasteiger partial charge in [0.25, 0.3) is 0 Å². The summed E-state index contributed by atoms with van der Waals surface area (Å²) in [6.45, 7) is 3.99. The molecule has 0 saturated carbocycles. The molecule has 1 aromatic rings. The van der Waals surface area contributed by atoms with Crippen molar-refractivity contribution in [1.82, 2.24) is 10.2 Å². The minimum absolute atomic E-state index is 0.182. The van der Waals surface area contributed by atoms with Crippen molar-refractivity contribution in [2.24, 2.45) is 0 Å². The lowest BCUT2D eigenvalue weighted by Crippen LogP contribution is -2.36. The monoisotopic (exact) mass is 275 g/mol. The summed E-state index contributed by atoms with van der Waals surface area (Å²) in [4.78, 5) is 13.6. The van der Waals surface area contributed by atoms with Gasteiger partial charge in [-0.1, -0.05) is 36.0 Å². The molecule has 20 heavy (non-hydrogen) atoms. The van der Waals surface area contributed by atoms with Crippen molar-refractivity contribution < 1.29 is 9.90 Å². The topological polar surface area (TPSA) is 52.6 Å². The zero-order valence-electron chi connectivity index (χ0n) is 12.9. The SMILES string of the molecule is [2H]OCC(=O)NCCCBc1cccc(CN2CCC2)c1. The number of carbonyl (C=O) groups is 1. The smallest absolute Gasteiger partial charge is 0.245 e. The minimum atomic E-state index is -0.221. The van der Waals surface area contributed by atoms with Crippen molar-refractivity contribution >= 4 is 18.6 Å². The van der Waals surface area contributed by atoms with Crippen LogP contribution in [0.3, 0.4) is 0 Å². The van der Waals surface area contributed by atoms with Crippen molar-refractivity contribution in [1.29, 1.82) is 1.43 Å². The molecule has 1 fully saturated rings. The number of nitrogens with zero attached hydrogens (tertiary/aromatic N) is 1. The average molecular weight is 275 g/mol. The number of rotatable bonds is 9. The van der Waals surface area contributed by atoms with Crippen LogP contribution in [0.1, 0.15) is 18.4 Å². The Labute approximate surface area is 122 Å². The molecule has 4 nitrogen and oxygen atoms in total. The highest BCUT2D eigenvalue weighted by molar-refractivity contribution is 6.53. The second-order valence-electron chi connectivity index (χ2n) is 5.40. The van der Waals surface area contributed by atoms with Gasteiger partial charge in [0.15, 0.2) is 7.28 Å². The molecule has 0 atom stereocenters. The van der Waals surface area contributed by atoms with Crippen LogP contribution in [-0.4, -0.2) is 50.9 Å². The fourth-order valence-corrected chi connectivity index (χ4v) is 2.41. The van der Waals surface area contributed by atoms with Crippen LogP contribution in [0.5, 0.6) is 0 Å². The highest BCUT2D eigenvalue weighted by atomic mass is 16.3. The number of benzene rings is 1. The number of hydrogen-bond acceptors (Lipinski definition) is 3. The Morgan fingerprint density at radius 1 is 1.50 bits per heavy atom. The highest BCUT2D eigenvalue weighted by Gasteiger charge is 2.13. The molecular weight excluding hydrogens is 251 g/mol. The predicted octanol–water partition coefficient (Wildman–Crippen LogP) is -0.129. The van der Waals surface area contributed by atoms with Crippen molar-refractivity contribution in [3.05, 3.63) is 29.8 Å². The van der Waals surface area contributed by atoms with E-state index in [1.165, 1.54) is 30.5 Å². The Bertz CT molecular complexity index is 455. The molecule has 0 unspecified atom stereocenters. The van der Waals surface area contributed by atoms with E-state index in [2.05, 4.69) is 39.6 Å². The predicted molar refractivity (Wildman–Crippen MR) is 82.6 cm³/mol. The first-order valence-corrected chi connectivity index (χ1v) is 7.43. The maximum atomic E-state index is 11.1. The fraction of sp³-hybridized carbons (Fsp3) is 0.533. The summed E-state index contributed by atoms with van der Waals surface area (Å²) in [5.74, 6) is -0.221. The van der Waals surface area contributed by atoms with Gasteiger partial charge in [0.2, 0.25) is 7.34 Å². The molecule has 5 heteroatoms. The van der Waals surface area contributed by atoms with E-state index in [1.807, 2.05) is 0 Å². The Morgan fingerprint density at radius 3 is 3.15 bits per heavy atom. The molecule has 1 heterocycles. The largest absolute Gasteiger partial charge is 0.387 e. The van der Waals surface area contributed by atoms with E-state index in [0.29, 0.717) is 6.54 Å². The molecule has 1 amide bonds. The van der Waals surface area contributed by atoms with Crippen LogP contribution in [0.15, 0.2) is 24.3 Å². The van der Waals surface area contributed by atoms with E-state index >= 15 is 0 Å². The van der Waals surface area contributed by atoms with Crippen LogP contribution in [-0.2, 0) is 11.3 Å². The van der Waals surface area contributed by atoms with Gasteiger partial charge in [-0.05, 0) is 31.5 Å². The van der Waals surface area contributed by atoms with E-state index < -0.39 is 0 Å². The van der Waals surface area contributed by atoms with Crippen molar-refractivity contribution in [2.45, 2.75) is 25.7 Å². The first-order valence-electron chi connectivity index (χ1n) is 7.84. The first-order chi connectivity index (χ1) is 10.3. The summed E-state index contributed by atoms with van der Waals surface area (Å²) in [5.41, 5.74) is 2.77. The lowest BCUT2D eigenvalue weighted by molar-refractivity contribution is -0.123. The van der Waals surface area contributed by atoms with Crippen LogP contribution in [0.2, 0.25) is 6.32 Å². The van der Waals surface area contributed by atoms with Crippen LogP contribution >= 0.6 is 0 Å². The number of amides is 1. The number of nitrogens with one attached hydrogen (secondary N) is 1. The van der Waals surface area contributed by atoms with E-state index in [4.69, 9.17) is 1.43 Å². The third kappa shape index (κ3) is 4.98. The van der Waals surface area contributed by atoms with Gasteiger partial charge in [0.05, 0.1) is 0 Å². The Balaban J connectivity index is 1.63. The molecule has 0 spiro atoms. The van der Waals surface area contributed by atoms with Crippen LogP contribution < -0.4 is 10.8 Å². The van der Waals surface area contributed by atoms with E-state index in [1.54, 1.807) is 0 Å². The maximum Gasteiger partial charge on any atom is 0.245 e. The van der Waals surface area contributed by atoms with Crippen LogP contribution in [0.4, 0.5) is 0 Å². The molecular formula is C15H23BN2O2. The Kier molecular flexibility index (Phi) is 5.51. The summed E-state index contributed by atoms with van der Waals surface area (Å²) in [7, 11) is 1.04. The quantitative estimate of drug-likeness (QED) is 0.487. The van der Waals surface area contributed by atoms with Crippen molar-refractivity contribution in [3.63, 3.8) is 0 Å². The third-order valence-electron chi connectivity index (χ3n) is 3.69. The van der Waals surface area contributed by atoms with Gasteiger partial charge < -0.3 is 10.4 Å². The summed E-state index contributed by atoms with van der Waals surface area (Å²) in [5, 5.41) is 6.75. The third-order valence-corrected chi connectivity index (χ3v) is 3.69. The molecule has 0 aliphatic carbocycles. The van der Waals surface area contributed by atoms with Crippen LogP contribution in [0.25, 0.3) is 0 Å². The number of carbonyl (C=O) groups excluding carboxylic acids is 1. The summed E-state index contributed by atoms with van der Waals surface area (Å²) < 4.78 is 6.48. The second-order valence-corrected chi connectivity index (χ2v) is 5.40. The summed E-state index contributed by atoms with van der Waals surface area (Å²) >= 11 is 0. The molecule has 0 radical (unpaired) electrons. The standard InChI is InChI=1S/C15H23BN2O2/c19-12-15(20)17-7-2-6-16-14-5-1-4-13(10-14)11-18-8-3-9-18/h1,4-5,10,16,19H,2-3,6-9,11-12H2,(H,17,20)/i19D. The fourth-order valence-electron chi connectivity index (χ4n) is 2.41. The van der Waals surface area contributed by atoms with E-state index in [0.717, 1.165) is 26.6 Å².